The van der Waals surface area contributed by atoms with E-state index in [0.29, 0.717) is 22.3 Å². The van der Waals surface area contributed by atoms with Crippen molar-refractivity contribution in [1.29, 1.82) is 0 Å². The Bertz CT molecular complexity index is 1110. The molecule has 1 aromatic heterocycles. The van der Waals surface area contributed by atoms with Crippen molar-refractivity contribution >= 4 is 34.4 Å². The summed E-state index contributed by atoms with van der Waals surface area (Å²) in [5, 5.41) is 2.65. The lowest BCUT2D eigenvalue weighted by molar-refractivity contribution is -0.116. The average Bonchev–Trinajstić information content (AvgIpc) is 2.97. The third-order valence-electron chi connectivity index (χ3n) is 4.06. The second kappa shape index (κ2) is 7.91. The molecule has 0 saturated heterocycles. The molecule has 0 aliphatic carbocycles. The third-order valence-corrected chi connectivity index (χ3v) is 4.06. The average molecular weight is 382 g/mol. The fourth-order valence-corrected chi connectivity index (χ4v) is 2.68. The van der Waals surface area contributed by atoms with Gasteiger partial charge in [0.05, 0.1) is 17.7 Å². The minimum absolute atomic E-state index is 0.152. The number of amides is 1. The zero-order chi connectivity index (χ0) is 20.3. The number of ketones is 1. The van der Waals surface area contributed by atoms with Crippen LogP contribution in [0, 0.1) is 0 Å². The van der Waals surface area contributed by atoms with Crippen molar-refractivity contribution in [2.75, 3.05) is 11.9 Å². The Morgan fingerprint density at radius 3 is 2.39 bits per heavy atom. The number of ether oxygens (including phenoxy) is 1. The first-order chi connectivity index (χ1) is 13.4. The Balaban J connectivity index is 1.74. The fourth-order valence-electron chi connectivity index (χ4n) is 2.68. The molecule has 1 heterocycles. The summed E-state index contributed by atoms with van der Waals surface area (Å²) in [5.41, 5.74) is 1.92. The molecule has 0 unspecified atom stereocenters. The molecule has 3 aromatic rings. The number of benzene rings is 2. The van der Waals surface area contributed by atoms with Gasteiger partial charge in [0.15, 0.2) is 11.4 Å². The van der Waals surface area contributed by atoms with Gasteiger partial charge in [-0.3, -0.25) is 14.2 Å². The number of carbonyl (C=O) groups excluding carboxylic acids is 3. The molecule has 0 atom stereocenters. The number of carbonyl (C=O) groups is 3. The number of esters is 1. The lowest BCUT2D eigenvalue weighted by atomic mass is 10.1. The maximum absolute atomic E-state index is 12.3. The van der Waals surface area contributed by atoms with E-state index in [1.165, 1.54) is 29.7 Å². The van der Waals surface area contributed by atoms with Crippen molar-refractivity contribution in [3.8, 4) is 0 Å². The van der Waals surface area contributed by atoms with Crippen LogP contribution in [0.3, 0.4) is 0 Å². The molecular weight excluding hydrogens is 364 g/mol. The van der Waals surface area contributed by atoms with Gasteiger partial charge in [-0.1, -0.05) is 0 Å². The number of oxazole rings is 1. The van der Waals surface area contributed by atoms with Crippen molar-refractivity contribution in [3.63, 3.8) is 0 Å². The van der Waals surface area contributed by atoms with Gasteiger partial charge in [-0.25, -0.2) is 9.59 Å². The molecule has 0 aliphatic rings. The van der Waals surface area contributed by atoms with Crippen LogP contribution in [0.5, 0.6) is 0 Å². The van der Waals surface area contributed by atoms with Gasteiger partial charge in [0.1, 0.15) is 6.54 Å². The van der Waals surface area contributed by atoms with Crippen LogP contribution in [-0.4, -0.2) is 28.8 Å². The van der Waals surface area contributed by atoms with Crippen LogP contribution in [-0.2, 0) is 16.1 Å². The lowest BCUT2D eigenvalue weighted by Gasteiger charge is -2.07. The van der Waals surface area contributed by atoms with Gasteiger partial charge in [0.25, 0.3) is 0 Å². The molecule has 8 nitrogen and oxygen atoms in total. The van der Waals surface area contributed by atoms with E-state index in [1.807, 2.05) is 0 Å². The summed E-state index contributed by atoms with van der Waals surface area (Å²) in [6, 6.07) is 10.8. The highest BCUT2D eigenvalue weighted by Crippen LogP contribution is 2.16. The SMILES string of the molecule is CCOC(=O)c1ccc(NC(=O)Cn2c(=O)oc3cc(C(C)=O)ccc32)cc1. The van der Waals surface area contributed by atoms with Crippen LogP contribution < -0.4 is 11.1 Å². The van der Waals surface area contributed by atoms with Crippen molar-refractivity contribution in [2.24, 2.45) is 0 Å². The van der Waals surface area contributed by atoms with Crippen molar-refractivity contribution in [1.82, 2.24) is 4.57 Å². The summed E-state index contributed by atoms with van der Waals surface area (Å²) >= 11 is 0. The number of hydrogen-bond acceptors (Lipinski definition) is 6. The van der Waals surface area contributed by atoms with E-state index in [1.54, 1.807) is 31.2 Å². The van der Waals surface area contributed by atoms with E-state index < -0.39 is 17.6 Å². The predicted octanol–water partition coefficient (Wildman–Crippen LogP) is 2.61. The molecule has 3 rings (SSSR count). The number of fused-ring (bicyclic) bond motifs is 1. The first-order valence-electron chi connectivity index (χ1n) is 8.60. The summed E-state index contributed by atoms with van der Waals surface area (Å²) < 4.78 is 11.2. The molecule has 2 aromatic carbocycles. The van der Waals surface area contributed by atoms with Gasteiger partial charge in [-0.05, 0) is 56.3 Å². The molecule has 144 valence electrons. The predicted molar refractivity (Wildman–Crippen MR) is 102 cm³/mol. The normalized spacial score (nSPS) is 10.6. The van der Waals surface area contributed by atoms with Gasteiger partial charge in [-0.15, -0.1) is 0 Å². The summed E-state index contributed by atoms with van der Waals surface area (Å²) in [7, 11) is 0. The van der Waals surface area contributed by atoms with Crippen LogP contribution in [0.2, 0.25) is 0 Å². The van der Waals surface area contributed by atoms with Gasteiger partial charge < -0.3 is 14.5 Å². The largest absolute Gasteiger partial charge is 0.462 e. The molecule has 0 saturated carbocycles. The van der Waals surface area contributed by atoms with E-state index in [0.717, 1.165) is 0 Å². The monoisotopic (exact) mass is 382 g/mol. The van der Waals surface area contributed by atoms with Crippen molar-refractivity contribution < 1.29 is 23.5 Å². The van der Waals surface area contributed by atoms with Gasteiger partial charge in [-0.2, -0.15) is 0 Å². The standard InChI is InChI=1S/C20H18N2O6/c1-3-27-19(25)13-4-7-15(8-5-13)21-18(24)11-22-16-9-6-14(12(2)23)10-17(16)28-20(22)26/h4-10H,3,11H2,1-2H3,(H,21,24). The molecule has 0 fully saturated rings. The van der Waals surface area contributed by atoms with E-state index in [9.17, 15) is 19.2 Å². The highest BCUT2D eigenvalue weighted by molar-refractivity contribution is 5.97. The Labute approximate surface area is 159 Å². The smallest absolute Gasteiger partial charge is 0.420 e. The van der Waals surface area contributed by atoms with Gasteiger partial charge in [0, 0.05) is 11.3 Å². The fraction of sp³-hybridized carbons (Fsp3) is 0.200. The molecule has 1 N–H and O–H groups in total. The Morgan fingerprint density at radius 2 is 1.75 bits per heavy atom. The van der Waals surface area contributed by atoms with Crippen LogP contribution in [0.4, 0.5) is 5.69 Å². The van der Waals surface area contributed by atoms with Gasteiger partial charge >= 0.3 is 11.7 Å². The summed E-state index contributed by atoms with van der Waals surface area (Å²) in [6.45, 7) is 3.15. The molecule has 0 aliphatic heterocycles. The topological polar surface area (TPSA) is 108 Å². The summed E-state index contributed by atoms with van der Waals surface area (Å²) in [5.74, 6) is -1.73. The molecule has 0 spiro atoms. The minimum atomic E-state index is -0.691. The van der Waals surface area contributed by atoms with Crippen LogP contribution in [0.1, 0.15) is 34.6 Å². The molecule has 8 heteroatoms. The highest BCUT2D eigenvalue weighted by Gasteiger charge is 2.14. The summed E-state index contributed by atoms with van der Waals surface area (Å²) in [4.78, 5) is 47.5. The van der Waals surface area contributed by atoms with Gasteiger partial charge in [0.2, 0.25) is 5.91 Å². The summed E-state index contributed by atoms with van der Waals surface area (Å²) in [6.07, 6.45) is 0. The number of aromatic nitrogens is 1. The quantitative estimate of drug-likeness (QED) is 0.519. The number of nitrogens with one attached hydrogen (secondary N) is 1. The zero-order valence-corrected chi connectivity index (χ0v) is 15.4. The maximum Gasteiger partial charge on any atom is 0.420 e. The number of rotatable bonds is 6. The molecule has 1 amide bonds. The lowest BCUT2D eigenvalue weighted by Crippen LogP contribution is -2.24. The maximum atomic E-state index is 12.3. The van der Waals surface area contributed by atoms with Crippen molar-refractivity contribution in [2.45, 2.75) is 20.4 Å². The molecular formula is C20H18N2O6. The zero-order valence-electron chi connectivity index (χ0n) is 15.4. The minimum Gasteiger partial charge on any atom is -0.462 e. The molecule has 0 radical (unpaired) electrons. The van der Waals surface area contributed by atoms with Crippen LogP contribution >= 0.6 is 0 Å². The first-order valence-corrected chi connectivity index (χ1v) is 8.60. The van der Waals surface area contributed by atoms with E-state index in [4.69, 9.17) is 9.15 Å². The number of Topliss-reactive ketones (excluding diaryl/α,β-unsaturated/α-hetero) is 1. The van der Waals surface area contributed by atoms with Crippen molar-refractivity contribution in [3.05, 3.63) is 64.1 Å². The van der Waals surface area contributed by atoms with E-state index in [2.05, 4.69) is 5.32 Å². The molecule has 0 bridgehead atoms. The van der Waals surface area contributed by atoms with E-state index in [-0.39, 0.29) is 24.5 Å². The number of hydrogen-bond donors (Lipinski definition) is 1. The third kappa shape index (κ3) is 4.01. The second-order valence-electron chi connectivity index (χ2n) is 6.04. The number of anilines is 1. The van der Waals surface area contributed by atoms with E-state index >= 15 is 0 Å². The Kier molecular flexibility index (Phi) is 5.39. The second-order valence-corrected chi connectivity index (χ2v) is 6.04. The number of nitrogens with zero attached hydrogens (tertiary/aromatic N) is 1. The van der Waals surface area contributed by atoms with Crippen LogP contribution in [0.15, 0.2) is 51.7 Å². The van der Waals surface area contributed by atoms with Crippen LogP contribution in [0.25, 0.3) is 11.1 Å². The first kappa shape index (κ1) is 19.1. The molecule has 28 heavy (non-hydrogen) atoms. The highest BCUT2D eigenvalue weighted by atomic mass is 16.5. The Hall–Kier alpha value is -3.68. The Morgan fingerprint density at radius 1 is 1.07 bits per heavy atom.